The van der Waals surface area contributed by atoms with Crippen LogP contribution in [0.2, 0.25) is 0 Å². The molecule has 2 heterocycles. The van der Waals surface area contributed by atoms with Gasteiger partial charge in [0.25, 0.3) is 0 Å². The summed E-state index contributed by atoms with van der Waals surface area (Å²) in [6.45, 7) is 4.02. The van der Waals surface area contributed by atoms with Gasteiger partial charge in [0.05, 0.1) is 6.04 Å². The number of nitrogens with zero attached hydrogens (tertiary/aromatic N) is 1. The number of amides is 3. The lowest BCUT2D eigenvalue weighted by atomic mass is 9.98. The number of hydrogen-bond acceptors (Lipinski definition) is 6. The number of aromatic nitrogens is 1. The number of aromatic amines is 1. The van der Waals surface area contributed by atoms with E-state index in [-0.39, 0.29) is 25.3 Å². The average Bonchev–Trinajstić information content (AvgIpc) is 3.56. The molecule has 7 N–H and O–H groups in total. The van der Waals surface area contributed by atoms with Crippen molar-refractivity contribution in [1.82, 2.24) is 20.5 Å². The molecule has 0 spiro atoms. The molecule has 3 amide bonds. The van der Waals surface area contributed by atoms with Crippen molar-refractivity contribution < 1.29 is 34.2 Å². The van der Waals surface area contributed by atoms with Crippen LogP contribution in [-0.2, 0) is 30.4 Å². The van der Waals surface area contributed by atoms with Crippen molar-refractivity contribution in [3.05, 3.63) is 36.0 Å². The van der Waals surface area contributed by atoms with Gasteiger partial charge in [-0.15, -0.1) is 0 Å². The number of H-pyrrole nitrogens is 1. The third-order valence-electron chi connectivity index (χ3n) is 7.37. The molecule has 2 aromatic rings. The van der Waals surface area contributed by atoms with Crippen LogP contribution in [0.15, 0.2) is 30.5 Å². The maximum absolute atomic E-state index is 13.8. The molecule has 212 valence electrons. The molecule has 0 bridgehead atoms. The minimum absolute atomic E-state index is 0.113. The standard InChI is InChI=1S/C27H37N5O7/c1-3-15(2)23(28)25(36)31-20(13-16-14-29-18-8-5-4-7-17(16)18)26(37)32-12-6-9-21(32)24(35)30-19(27(38)39)10-11-22(33)34/h4-5,7-8,14-15,19-21,23,29H,3,6,9-13,28H2,1-2H3,(H,30,35)(H,31,36)(H,33,34)(H,38,39). The minimum Gasteiger partial charge on any atom is -0.481 e. The van der Waals surface area contributed by atoms with Crippen LogP contribution >= 0.6 is 0 Å². The Labute approximate surface area is 226 Å². The predicted molar refractivity (Wildman–Crippen MR) is 143 cm³/mol. The Bertz CT molecular complexity index is 1210. The molecule has 0 aliphatic carbocycles. The van der Waals surface area contributed by atoms with Gasteiger partial charge >= 0.3 is 11.9 Å². The Morgan fingerprint density at radius 2 is 1.85 bits per heavy atom. The Hall–Kier alpha value is -3.93. The van der Waals surface area contributed by atoms with Gasteiger partial charge in [0.2, 0.25) is 17.7 Å². The number of carboxylic acid groups (broad SMARTS) is 2. The van der Waals surface area contributed by atoms with E-state index in [9.17, 15) is 29.1 Å². The van der Waals surface area contributed by atoms with Crippen LogP contribution in [0.1, 0.15) is 51.5 Å². The smallest absolute Gasteiger partial charge is 0.326 e. The van der Waals surface area contributed by atoms with Crippen molar-refractivity contribution in [2.45, 2.75) is 76.5 Å². The lowest BCUT2D eigenvalue weighted by Gasteiger charge is -2.30. The minimum atomic E-state index is -1.40. The van der Waals surface area contributed by atoms with Crippen molar-refractivity contribution >= 4 is 40.6 Å². The van der Waals surface area contributed by atoms with Crippen molar-refractivity contribution in [3.63, 3.8) is 0 Å². The highest BCUT2D eigenvalue weighted by Gasteiger charge is 2.39. The van der Waals surface area contributed by atoms with E-state index in [1.54, 1.807) is 6.20 Å². The van der Waals surface area contributed by atoms with Crippen molar-refractivity contribution in [2.75, 3.05) is 6.54 Å². The second kappa shape index (κ2) is 13.2. The number of aliphatic carboxylic acids is 2. The third kappa shape index (κ3) is 7.34. The molecule has 1 aliphatic rings. The average molecular weight is 544 g/mol. The van der Waals surface area contributed by atoms with Crippen LogP contribution < -0.4 is 16.4 Å². The van der Waals surface area contributed by atoms with Gasteiger partial charge in [0.15, 0.2) is 0 Å². The van der Waals surface area contributed by atoms with E-state index in [0.29, 0.717) is 19.3 Å². The van der Waals surface area contributed by atoms with E-state index < -0.39 is 60.2 Å². The Kier molecular flexibility index (Phi) is 10.0. The molecule has 0 saturated carbocycles. The predicted octanol–water partition coefficient (Wildman–Crippen LogP) is 0.994. The van der Waals surface area contributed by atoms with Crippen LogP contribution in [0.4, 0.5) is 0 Å². The first-order chi connectivity index (χ1) is 18.5. The molecule has 5 unspecified atom stereocenters. The molecule has 1 fully saturated rings. The number of carboxylic acids is 2. The summed E-state index contributed by atoms with van der Waals surface area (Å²) in [6.07, 6.45) is 2.71. The van der Waals surface area contributed by atoms with Gasteiger partial charge in [0.1, 0.15) is 18.1 Å². The summed E-state index contributed by atoms with van der Waals surface area (Å²) in [5.74, 6) is -4.27. The van der Waals surface area contributed by atoms with Gasteiger partial charge in [-0.2, -0.15) is 0 Å². The summed E-state index contributed by atoms with van der Waals surface area (Å²) >= 11 is 0. The highest BCUT2D eigenvalue weighted by Crippen LogP contribution is 2.23. The van der Waals surface area contributed by atoms with Gasteiger partial charge in [0, 0.05) is 36.5 Å². The molecule has 3 rings (SSSR count). The molecule has 1 aromatic heterocycles. The van der Waals surface area contributed by atoms with Gasteiger partial charge in [-0.1, -0.05) is 38.5 Å². The molecule has 1 aromatic carbocycles. The fourth-order valence-corrected chi connectivity index (χ4v) is 4.80. The summed E-state index contributed by atoms with van der Waals surface area (Å²) in [4.78, 5) is 66.9. The molecule has 1 aliphatic heterocycles. The Morgan fingerprint density at radius 1 is 1.13 bits per heavy atom. The third-order valence-corrected chi connectivity index (χ3v) is 7.37. The van der Waals surface area contributed by atoms with E-state index in [1.165, 1.54) is 4.90 Å². The Balaban J connectivity index is 1.83. The van der Waals surface area contributed by atoms with Gasteiger partial charge in [-0.25, -0.2) is 4.79 Å². The van der Waals surface area contributed by atoms with Crippen LogP contribution in [0, 0.1) is 5.92 Å². The lowest BCUT2D eigenvalue weighted by Crippen LogP contribution is -2.58. The van der Waals surface area contributed by atoms with Crippen LogP contribution in [-0.4, -0.2) is 80.5 Å². The summed E-state index contributed by atoms with van der Waals surface area (Å²) in [6, 6.07) is 3.38. The lowest BCUT2D eigenvalue weighted by molar-refractivity contribution is -0.145. The van der Waals surface area contributed by atoms with E-state index >= 15 is 0 Å². The number of rotatable bonds is 13. The normalized spacial score (nSPS) is 18.2. The van der Waals surface area contributed by atoms with Crippen molar-refractivity contribution in [3.8, 4) is 0 Å². The SMILES string of the molecule is CCC(C)C(N)C(=O)NC(Cc1c[nH]c2ccccc12)C(=O)N1CCCC1C(=O)NC(CCC(=O)O)C(=O)O. The number of nitrogens with two attached hydrogens (primary N) is 1. The van der Waals surface area contributed by atoms with Crippen LogP contribution in [0.3, 0.4) is 0 Å². The number of likely N-dealkylation sites (tertiary alicyclic amines) is 1. The van der Waals surface area contributed by atoms with Gasteiger partial charge < -0.3 is 36.5 Å². The summed E-state index contributed by atoms with van der Waals surface area (Å²) in [5.41, 5.74) is 7.82. The zero-order valence-corrected chi connectivity index (χ0v) is 22.2. The van der Waals surface area contributed by atoms with E-state index in [2.05, 4.69) is 15.6 Å². The number of carbonyl (C=O) groups is 5. The van der Waals surface area contributed by atoms with Crippen molar-refractivity contribution in [1.29, 1.82) is 0 Å². The Morgan fingerprint density at radius 3 is 2.51 bits per heavy atom. The van der Waals surface area contributed by atoms with Crippen LogP contribution in [0.25, 0.3) is 10.9 Å². The van der Waals surface area contributed by atoms with E-state index in [1.807, 2.05) is 38.1 Å². The molecular formula is C27H37N5O7. The molecule has 1 saturated heterocycles. The number of hydrogen-bond donors (Lipinski definition) is 6. The second-order valence-corrected chi connectivity index (χ2v) is 10.1. The van der Waals surface area contributed by atoms with Crippen LogP contribution in [0.5, 0.6) is 0 Å². The molecule has 12 heteroatoms. The fourth-order valence-electron chi connectivity index (χ4n) is 4.80. The quantitative estimate of drug-likeness (QED) is 0.215. The number of nitrogens with one attached hydrogen (secondary N) is 3. The monoisotopic (exact) mass is 543 g/mol. The summed E-state index contributed by atoms with van der Waals surface area (Å²) in [5, 5.41) is 24.4. The molecule has 5 atom stereocenters. The van der Waals surface area contributed by atoms with E-state index in [0.717, 1.165) is 16.5 Å². The number of benzene rings is 1. The second-order valence-electron chi connectivity index (χ2n) is 10.1. The summed E-state index contributed by atoms with van der Waals surface area (Å²) in [7, 11) is 0. The highest BCUT2D eigenvalue weighted by molar-refractivity contribution is 5.95. The van der Waals surface area contributed by atoms with Gasteiger partial charge in [-0.3, -0.25) is 19.2 Å². The maximum atomic E-state index is 13.8. The van der Waals surface area contributed by atoms with Crippen molar-refractivity contribution in [2.24, 2.45) is 11.7 Å². The number of para-hydroxylation sites is 1. The fraction of sp³-hybridized carbons (Fsp3) is 0.519. The zero-order valence-electron chi connectivity index (χ0n) is 22.2. The topological polar surface area (TPSA) is 195 Å². The highest BCUT2D eigenvalue weighted by atomic mass is 16.4. The summed E-state index contributed by atoms with van der Waals surface area (Å²) < 4.78 is 0. The molecule has 0 radical (unpaired) electrons. The zero-order chi connectivity index (χ0) is 28.7. The maximum Gasteiger partial charge on any atom is 0.326 e. The first kappa shape index (κ1) is 29.6. The first-order valence-corrected chi connectivity index (χ1v) is 13.2. The first-order valence-electron chi connectivity index (χ1n) is 13.2. The van der Waals surface area contributed by atoms with E-state index in [4.69, 9.17) is 10.8 Å². The molecule has 39 heavy (non-hydrogen) atoms. The number of carbonyl (C=O) groups excluding carboxylic acids is 3. The molecule has 12 nitrogen and oxygen atoms in total. The van der Waals surface area contributed by atoms with Gasteiger partial charge in [-0.05, 0) is 36.8 Å². The largest absolute Gasteiger partial charge is 0.481 e. The number of fused-ring (bicyclic) bond motifs is 1. The molecular weight excluding hydrogens is 506 g/mol.